The third-order valence-electron chi connectivity index (χ3n) is 2.79. The molecule has 0 aromatic carbocycles. The van der Waals surface area contributed by atoms with E-state index in [2.05, 4.69) is 20.6 Å². The van der Waals surface area contributed by atoms with Gasteiger partial charge in [0.1, 0.15) is 11.9 Å². The van der Waals surface area contributed by atoms with Gasteiger partial charge in [0.2, 0.25) is 0 Å². The van der Waals surface area contributed by atoms with Gasteiger partial charge in [0.05, 0.1) is 12.4 Å². The van der Waals surface area contributed by atoms with Crippen molar-refractivity contribution in [3.05, 3.63) is 18.1 Å². The van der Waals surface area contributed by atoms with Crippen LogP contribution >= 0.6 is 0 Å². The quantitative estimate of drug-likeness (QED) is 0.779. The molecule has 1 unspecified atom stereocenters. The SMILES string of the molecule is N#Cc1cnc(NCCC2CCNC2)cn1. The minimum atomic E-state index is 0.352. The maximum absolute atomic E-state index is 8.57. The second-order valence-corrected chi connectivity index (χ2v) is 3.97. The molecule has 1 aliphatic heterocycles. The molecule has 2 rings (SSSR count). The average molecular weight is 217 g/mol. The van der Waals surface area contributed by atoms with Crippen molar-refractivity contribution in [3.63, 3.8) is 0 Å². The summed E-state index contributed by atoms with van der Waals surface area (Å²) in [7, 11) is 0. The molecule has 0 bridgehead atoms. The summed E-state index contributed by atoms with van der Waals surface area (Å²) in [6.45, 7) is 3.18. The van der Waals surface area contributed by atoms with Gasteiger partial charge in [-0.1, -0.05) is 0 Å². The highest BCUT2D eigenvalue weighted by Crippen LogP contribution is 2.12. The zero-order valence-electron chi connectivity index (χ0n) is 9.11. The first-order valence-corrected chi connectivity index (χ1v) is 5.55. The molecule has 1 aromatic rings. The van der Waals surface area contributed by atoms with Crippen molar-refractivity contribution < 1.29 is 0 Å². The fourth-order valence-electron chi connectivity index (χ4n) is 1.84. The summed E-state index contributed by atoms with van der Waals surface area (Å²) in [6.07, 6.45) is 5.50. The summed E-state index contributed by atoms with van der Waals surface area (Å²) < 4.78 is 0. The molecule has 5 nitrogen and oxygen atoms in total. The van der Waals surface area contributed by atoms with Crippen molar-refractivity contribution in [1.82, 2.24) is 15.3 Å². The second-order valence-electron chi connectivity index (χ2n) is 3.97. The molecule has 0 saturated carbocycles. The third kappa shape index (κ3) is 2.91. The molecule has 2 heterocycles. The van der Waals surface area contributed by atoms with Crippen LogP contribution in [0.1, 0.15) is 18.5 Å². The van der Waals surface area contributed by atoms with Crippen molar-refractivity contribution in [3.8, 4) is 6.07 Å². The van der Waals surface area contributed by atoms with Gasteiger partial charge >= 0.3 is 0 Å². The molecular formula is C11H15N5. The summed E-state index contributed by atoms with van der Waals surface area (Å²) in [5.41, 5.74) is 0.352. The standard InChI is InChI=1S/C11H15N5/c12-5-10-7-16-11(8-15-10)14-4-2-9-1-3-13-6-9/h7-9,13H,1-4,6H2,(H,14,16). The fraction of sp³-hybridized carbons (Fsp3) is 0.545. The lowest BCUT2D eigenvalue weighted by Gasteiger charge is -2.09. The molecule has 1 atom stereocenters. The molecule has 16 heavy (non-hydrogen) atoms. The smallest absolute Gasteiger partial charge is 0.158 e. The van der Waals surface area contributed by atoms with E-state index in [1.165, 1.54) is 12.6 Å². The van der Waals surface area contributed by atoms with Crippen LogP contribution in [0.25, 0.3) is 0 Å². The first-order valence-electron chi connectivity index (χ1n) is 5.55. The van der Waals surface area contributed by atoms with Crippen LogP contribution < -0.4 is 10.6 Å². The lowest BCUT2D eigenvalue weighted by Crippen LogP contribution is -2.13. The van der Waals surface area contributed by atoms with Gasteiger partial charge in [0, 0.05) is 6.54 Å². The van der Waals surface area contributed by atoms with E-state index in [0.29, 0.717) is 5.69 Å². The van der Waals surface area contributed by atoms with E-state index in [0.717, 1.165) is 37.8 Å². The maximum Gasteiger partial charge on any atom is 0.158 e. The molecule has 84 valence electrons. The molecule has 0 aliphatic carbocycles. The average Bonchev–Trinajstić information content (AvgIpc) is 2.83. The first kappa shape index (κ1) is 10.8. The van der Waals surface area contributed by atoms with Crippen LogP contribution in [-0.2, 0) is 0 Å². The zero-order chi connectivity index (χ0) is 11.2. The molecule has 0 radical (unpaired) electrons. The topological polar surface area (TPSA) is 73.6 Å². The van der Waals surface area contributed by atoms with Gasteiger partial charge in [0.25, 0.3) is 0 Å². The van der Waals surface area contributed by atoms with Gasteiger partial charge in [-0.15, -0.1) is 0 Å². The molecular weight excluding hydrogens is 202 g/mol. The van der Waals surface area contributed by atoms with Crippen LogP contribution in [0, 0.1) is 17.2 Å². The number of aromatic nitrogens is 2. The molecule has 5 heteroatoms. The van der Waals surface area contributed by atoms with Crippen molar-refractivity contribution in [1.29, 1.82) is 5.26 Å². The number of rotatable bonds is 4. The van der Waals surface area contributed by atoms with E-state index in [-0.39, 0.29) is 0 Å². The van der Waals surface area contributed by atoms with Crippen LogP contribution in [0.15, 0.2) is 12.4 Å². The van der Waals surface area contributed by atoms with E-state index in [1.807, 2.05) is 6.07 Å². The predicted molar refractivity (Wildman–Crippen MR) is 60.8 cm³/mol. The summed E-state index contributed by atoms with van der Waals surface area (Å²) in [6, 6.07) is 1.95. The first-order chi connectivity index (χ1) is 7.88. The van der Waals surface area contributed by atoms with Crippen molar-refractivity contribution in [2.45, 2.75) is 12.8 Å². The molecule has 0 spiro atoms. The fourth-order valence-corrected chi connectivity index (χ4v) is 1.84. The van der Waals surface area contributed by atoms with Gasteiger partial charge in [-0.2, -0.15) is 5.26 Å². The Morgan fingerprint density at radius 1 is 1.50 bits per heavy atom. The normalized spacial score (nSPS) is 19.3. The maximum atomic E-state index is 8.57. The van der Waals surface area contributed by atoms with Crippen molar-refractivity contribution in [2.24, 2.45) is 5.92 Å². The zero-order valence-corrected chi connectivity index (χ0v) is 9.11. The Morgan fingerprint density at radius 3 is 3.06 bits per heavy atom. The van der Waals surface area contributed by atoms with Gasteiger partial charge in [0.15, 0.2) is 5.69 Å². The minimum Gasteiger partial charge on any atom is -0.369 e. The number of anilines is 1. The Labute approximate surface area is 94.9 Å². The Balaban J connectivity index is 1.74. The van der Waals surface area contributed by atoms with E-state index >= 15 is 0 Å². The molecule has 1 aromatic heterocycles. The number of nitrogens with zero attached hydrogens (tertiary/aromatic N) is 3. The second kappa shape index (κ2) is 5.42. The lowest BCUT2D eigenvalue weighted by molar-refractivity contribution is 0.549. The van der Waals surface area contributed by atoms with Crippen LogP contribution in [0.4, 0.5) is 5.82 Å². The highest BCUT2D eigenvalue weighted by atomic mass is 15.0. The summed E-state index contributed by atoms with van der Waals surface area (Å²) in [5, 5.41) is 15.1. The Bertz CT molecular complexity index is 361. The van der Waals surface area contributed by atoms with Gasteiger partial charge in [-0.25, -0.2) is 9.97 Å². The van der Waals surface area contributed by atoms with Crippen LogP contribution in [0.5, 0.6) is 0 Å². The monoisotopic (exact) mass is 217 g/mol. The van der Waals surface area contributed by atoms with Gasteiger partial charge in [-0.3, -0.25) is 0 Å². The Hall–Kier alpha value is -1.67. The number of hydrogen-bond donors (Lipinski definition) is 2. The van der Waals surface area contributed by atoms with Crippen LogP contribution in [0.3, 0.4) is 0 Å². The Morgan fingerprint density at radius 2 is 2.44 bits per heavy atom. The third-order valence-corrected chi connectivity index (χ3v) is 2.79. The van der Waals surface area contributed by atoms with E-state index < -0.39 is 0 Å². The lowest BCUT2D eigenvalue weighted by atomic mass is 10.1. The highest BCUT2D eigenvalue weighted by molar-refractivity contribution is 5.32. The molecule has 1 saturated heterocycles. The van der Waals surface area contributed by atoms with E-state index in [1.54, 1.807) is 6.20 Å². The predicted octanol–water partition coefficient (Wildman–Crippen LogP) is 0.760. The largest absolute Gasteiger partial charge is 0.369 e. The molecule has 0 amide bonds. The molecule has 1 aliphatic rings. The van der Waals surface area contributed by atoms with Gasteiger partial charge in [-0.05, 0) is 31.8 Å². The summed E-state index contributed by atoms with van der Waals surface area (Å²) >= 11 is 0. The molecule has 2 N–H and O–H groups in total. The van der Waals surface area contributed by atoms with Crippen LogP contribution in [-0.4, -0.2) is 29.6 Å². The van der Waals surface area contributed by atoms with Gasteiger partial charge < -0.3 is 10.6 Å². The molecule has 1 fully saturated rings. The Kier molecular flexibility index (Phi) is 3.67. The number of nitriles is 1. The van der Waals surface area contributed by atoms with Crippen LogP contribution in [0.2, 0.25) is 0 Å². The highest BCUT2D eigenvalue weighted by Gasteiger charge is 2.13. The van der Waals surface area contributed by atoms with Crippen molar-refractivity contribution >= 4 is 5.82 Å². The van der Waals surface area contributed by atoms with E-state index in [9.17, 15) is 0 Å². The number of hydrogen-bond acceptors (Lipinski definition) is 5. The minimum absolute atomic E-state index is 0.352. The summed E-state index contributed by atoms with van der Waals surface area (Å²) in [5.74, 6) is 1.52. The van der Waals surface area contributed by atoms with Crippen molar-refractivity contribution in [2.75, 3.05) is 25.0 Å². The van der Waals surface area contributed by atoms with E-state index in [4.69, 9.17) is 5.26 Å². The summed E-state index contributed by atoms with van der Waals surface area (Å²) in [4.78, 5) is 8.05. The number of nitrogens with one attached hydrogen (secondary N) is 2.